The zero-order valence-corrected chi connectivity index (χ0v) is 12.3. The number of nitrogens with one attached hydrogen (secondary N) is 1. The highest BCUT2D eigenvalue weighted by Crippen LogP contribution is 2.28. The Morgan fingerprint density at radius 3 is 2.77 bits per heavy atom. The largest absolute Gasteiger partial charge is 0.487 e. The van der Waals surface area contributed by atoms with Crippen molar-refractivity contribution >= 4 is 29.0 Å². The van der Waals surface area contributed by atoms with E-state index >= 15 is 0 Å². The standard InChI is InChI=1S/C14H12ClN3O4/c1-2-22-12-5-3-9(7-11(12)18(20)21)14(19)17-13-6-4-10(15)8-16-13/h3-8H,2H2,1H3,(H,16,17,19). The third kappa shape index (κ3) is 3.70. The van der Waals surface area contributed by atoms with Gasteiger partial charge >= 0.3 is 5.69 Å². The van der Waals surface area contributed by atoms with E-state index in [4.69, 9.17) is 16.3 Å². The Bertz CT molecular complexity index is 704. The molecule has 0 aliphatic rings. The molecule has 1 N–H and O–H groups in total. The molecule has 1 aromatic heterocycles. The molecule has 0 spiro atoms. The average Bonchev–Trinajstić information content (AvgIpc) is 2.50. The van der Waals surface area contributed by atoms with E-state index in [0.29, 0.717) is 17.4 Å². The first-order valence-corrected chi connectivity index (χ1v) is 6.73. The number of pyridine rings is 1. The Hall–Kier alpha value is -2.67. The summed E-state index contributed by atoms with van der Waals surface area (Å²) in [6.45, 7) is 2.01. The van der Waals surface area contributed by atoms with E-state index in [0.717, 1.165) is 6.07 Å². The zero-order valence-electron chi connectivity index (χ0n) is 11.6. The van der Waals surface area contributed by atoms with E-state index < -0.39 is 10.8 Å². The molecule has 7 nitrogen and oxygen atoms in total. The number of hydrogen-bond donors (Lipinski definition) is 1. The number of hydrogen-bond acceptors (Lipinski definition) is 5. The maximum atomic E-state index is 12.1. The molecule has 8 heteroatoms. The molecular formula is C14H12ClN3O4. The van der Waals surface area contributed by atoms with Gasteiger partial charge in [-0.3, -0.25) is 14.9 Å². The molecule has 1 heterocycles. The van der Waals surface area contributed by atoms with E-state index in [-0.39, 0.29) is 17.0 Å². The number of carbonyl (C=O) groups excluding carboxylic acids is 1. The Morgan fingerprint density at radius 1 is 1.41 bits per heavy atom. The van der Waals surface area contributed by atoms with E-state index in [2.05, 4.69) is 10.3 Å². The van der Waals surface area contributed by atoms with E-state index in [9.17, 15) is 14.9 Å². The molecule has 0 atom stereocenters. The Labute approximate surface area is 131 Å². The summed E-state index contributed by atoms with van der Waals surface area (Å²) in [4.78, 5) is 26.5. The number of benzene rings is 1. The highest BCUT2D eigenvalue weighted by atomic mass is 35.5. The summed E-state index contributed by atoms with van der Waals surface area (Å²) in [7, 11) is 0. The van der Waals surface area contributed by atoms with Crippen LogP contribution in [0.25, 0.3) is 0 Å². The topological polar surface area (TPSA) is 94.4 Å². The van der Waals surface area contributed by atoms with Gasteiger partial charge in [0.05, 0.1) is 16.6 Å². The van der Waals surface area contributed by atoms with Crippen LogP contribution in [0.4, 0.5) is 11.5 Å². The van der Waals surface area contributed by atoms with Crippen LogP contribution in [-0.2, 0) is 0 Å². The van der Waals surface area contributed by atoms with Gasteiger partial charge in [-0.1, -0.05) is 11.6 Å². The van der Waals surface area contributed by atoms with Crippen molar-refractivity contribution in [1.29, 1.82) is 0 Å². The first-order chi connectivity index (χ1) is 10.5. The molecule has 0 bridgehead atoms. The van der Waals surface area contributed by atoms with Crippen molar-refractivity contribution < 1.29 is 14.5 Å². The number of nitro benzene ring substituents is 1. The number of nitrogens with zero attached hydrogens (tertiary/aromatic N) is 2. The summed E-state index contributed by atoms with van der Waals surface area (Å²) in [6.07, 6.45) is 1.39. The molecule has 0 fully saturated rings. The Balaban J connectivity index is 2.24. The molecule has 2 rings (SSSR count). The molecule has 0 aliphatic carbocycles. The highest BCUT2D eigenvalue weighted by molar-refractivity contribution is 6.30. The highest BCUT2D eigenvalue weighted by Gasteiger charge is 2.18. The van der Waals surface area contributed by atoms with Crippen molar-refractivity contribution in [3.8, 4) is 5.75 Å². The maximum absolute atomic E-state index is 12.1. The normalized spacial score (nSPS) is 10.1. The number of rotatable bonds is 5. The monoisotopic (exact) mass is 321 g/mol. The van der Waals surface area contributed by atoms with Crippen molar-refractivity contribution in [3.63, 3.8) is 0 Å². The van der Waals surface area contributed by atoms with Crippen LogP contribution < -0.4 is 10.1 Å². The number of nitro groups is 1. The van der Waals surface area contributed by atoms with Crippen LogP contribution in [0.3, 0.4) is 0 Å². The minimum atomic E-state index is -0.595. The SMILES string of the molecule is CCOc1ccc(C(=O)Nc2ccc(Cl)cn2)cc1[N+](=O)[O-]. The third-order valence-electron chi connectivity index (χ3n) is 2.69. The van der Waals surface area contributed by atoms with Gasteiger partial charge in [0.15, 0.2) is 5.75 Å². The van der Waals surface area contributed by atoms with Crippen molar-refractivity contribution in [2.75, 3.05) is 11.9 Å². The van der Waals surface area contributed by atoms with Gasteiger partial charge in [-0.05, 0) is 31.2 Å². The molecule has 0 radical (unpaired) electrons. The number of aromatic nitrogens is 1. The number of ether oxygens (including phenoxy) is 1. The van der Waals surface area contributed by atoms with E-state index in [1.807, 2.05) is 0 Å². The molecule has 2 aromatic rings. The number of amides is 1. The Kier molecular flexibility index (Phi) is 4.90. The van der Waals surface area contributed by atoms with Gasteiger partial charge in [-0.15, -0.1) is 0 Å². The van der Waals surface area contributed by atoms with E-state index in [1.165, 1.54) is 24.4 Å². The Morgan fingerprint density at radius 2 is 2.18 bits per heavy atom. The van der Waals surface area contributed by atoms with Crippen molar-refractivity contribution in [1.82, 2.24) is 4.98 Å². The predicted molar refractivity (Wildman–Crippen MR) is 81.5 cm³/mol. The summed E-state index contributed by atoms with van der Waals surface area (Å²) in [6, 6.07) is 7.11. The molecule has 114 valence electrons. The second-order valence-electron chi connectivity index (χ2n) is 4.19. The maximum Gasteiger partial charge on any atom is 0.311 e. The third-order valence-corrected chi connectivity index (χ3v) is 2.91. The summed E-state index contributed by atoms with van der Waals surface area (Å²) in [5.41, 5.74) is -0.134. The minimum absolute atomic E-state index is 0.119. The first kappa shape index (κ1) is 15.7. The minimum Gasteiger partial charge on any atom is -0.487 e. The van der Waals surface area contributed by atoms with E-state index in [1.54, 1.807) is 13.0 Å². The van der Waals surface area contributed by atoms with Crippen LogP contribution >= 0.6 is 11.6 Å². The van der Waals surface area contributed by atoms with Crippen LogP contribution in [0.1, 0.15) is 17.3 Å². The lowest BCUT2D eigenvalue weighted by atomic mass is 10.1. The number of anilines is 1. The fourth-order valence-corrected chi connectivity index (χ4v) is 1.83. The summed E-state index contributed by atoms with van der Waals surface area (Å²) >= 11 is 5.70. The lowest BCUT2D eigenvalue weighted by Crippen LogP contribution is -2.13. The number of halogens is 1. The molecule has 1 aromatic carbocycles. The fraction of sp³-hybridized carbons (Fsp3) is 0.143. The molecule has 0 unspecified atom stereocenters. The number of carbonyl (C=O) groups is 1. The second-order valence-corrected chi connectivity index (χ2v) is 4.62. The van der Waals surface area contributed by atoms with Gasteiger partial charge in [0.1, 0.15) is 5.82 Å². The van der Waals surface area contributed by atoms with Crippen molar-refractivity contribution in [2.45, 2.75) is 6.92 Å². The van der Waals surface area contributed by atoms with Gasteiger partial charge in [-0.2, -0.15) is 0 Å². The quantitative estimate of drug-likeness (QED) is 0.673. The molecular weight excluding hydrogens is 310 g/mol. The molecule has 0 saturated carbocycles. The zero-order chi connectivity index (χ0) is 16.1. The second kappa shape index (κ2) is 6.86. The van der Waals surface area contributed by atoms with Gasteiger partial charge in [0.25, 0.3) is 5.91 Å². The summed E-state index contributed by atoms with van der Waals surface area (Å²) in [5, 5.41) is 14.0. The van der Waals surface area contributed by atoms with Crippen LogP contribution in [0.15, 0.2) is 36.5 Å². The molecule has 22 heavy (non-hydrogen) atoms. The molecule has 1 amide bonds. The average molecular weight is 322 g/mol. The molecule has 0 aliphatic heterocycles. The lowest BCUT2D eigenvalue weighted by molar-refractivity contribution is -0.385. The van der Waals surface area contributed by atoms with Gasteiger partial charge in [0.2, 0.25) is 0 Å². The predicted octanol–water partition coefficient (Wildman–Crippen LogP) is 3.29. The smallest absolute Gasteiger partial charge is 0.311 e. The van der Waals surface area contributed by atoms with Crippen LogP contribution in [-0.4, -0.2) is 22.4 Å². The lowest BCUT2D eigenvalue weighted by Gasteiger charge is -2.07. The summed E-state index contributed by atoms with van der Waals surface area (Å²) in [5.74, 6) is -0.0967. The van der Waals surface area contributed by atoms with Gasteiger partial charge < -0.3 is 10.1 Å². The van der Waals surface area contributed by atoms with Crippen molar-refractivity contribution in [3.05, 3.63) is 57.2 Å². The van der Waals surface area contributed by atoms with Crippen LogP contribution in [0.5, 0.6) is 5.75 Å². The van der Waals surface area contributed by atoms with Crippen molar-refractivity contribution in [2.24, 2.45) is 0 Å². The van der Waals surface area contributed by atoms with Gasteiger partial charge in [0, 0.05) is 17.8 Å². The van der Waals surface area contributed by atoms with Crippen LogP contribution in [0, 0.1) is 10.1 Å². The fourth-order valence-electron chi connectivity index (χ4n) is 1.72. The molecule has 0 saturated heterocycles. The first-order valence-electron chi connectivity index (χ1n) is 6.35. The van der Waals surface area contributed by atoms with Gasteiger partial charge in [-0.25, -0.2) is 4.98 Å². The summed E-state index contributed by atoms with van der Waals surface area (Å²) < 4.78 is 5.16. The van der Waals surface area contributed by atoms with Crippen LogP contribution in [0.2, 0.25) is 5.02 Å².